The number of benzene rings is 1. The van der Waals surface area contributed by atoms with E-state index in [1.807, 2.05) is 32.2 Å². The number of β-amino-alcohol motifs (C(OH)–C–C–N with tert-alkyl or cyclic N) is 1. The molecular weight excluding hydrogens is 370 g/mol. The molecule has 0 amide bonds. The van der Waals surface area contributed by atoms with E-state index in [1.165, 1.54) is 0 Å². The average molecular weight is 404 g/mol. The summed E-state index contributed by atoms with van der Waals surface area (Å²) in [5, 5.41) is 18.1. The number of rotatable bonds is 10. The normalized spacial score (nSPS) is 17.0. The Morgan fingerprint density at radius 3 is 2.62 bits per heavy atom. The third kappa shape index (κ3) is 6.78. The van der Waals surface area contributed by atoms with E-state index in [9.17, 15) is 5.11 Å². The maximum absolute atomic E-state index is 10.4. The first-order valence-electron chi connectivity index (χ1n) is 10.3. The minimum atomic E-state index is -0.489. The predicted molar refractivity (Wildman–Crippen MR) is 111 cm³/mol. The maximum Gasteiger partial charge on any atom is 0.122 e. The number of hydrogen-bond donors (Lipinski definition) is 1. The van der Waals surface area contributed by atoms with Crippen molar-refractivity contribution in [1.29, 1.82) is 0 Å². The molecule has 3 rings (SSSR count). The second-order valence-corrected chi connectivity index (χ2v) is 7.82. The van der Waals surface area contributed by atoms with Gasteiger partial charge in [-0.2, -0.15) is 0 Å². The molecule has 1 atom stereocenters. The Morgan fingerprint density at radius 1 is 1.17 bits per heavy atom. The molecule has 0 bridgehead atoms. The van der Waals surface area contributed by atoms with Crippen molar-refractivity contribution < 1.29 is 14.5 Å². The summed E-state index contributed by atoms with van der Waals surface area (Å²) in [6, 6.07) is 8.01. The zero-order valence-electron chi connectivity index (χ0n) is 17.8. The Labute approximate surface area is 173 Å². The molecule has 0 saturated carbocycles. The number of nitrogens with zero attached hydrogens (tertiary/aromatic N) is 5. The van der Waals surface area contributed by atoms with Gasteiger partial charge in [0.2, 0.25) is 0 Å². The second kappa shape index (κ2) is 10.7. The largest absolute Gasteiger partial charge is 0.491 e. The Balaban J connectivity index is 1.42. The minimum absolute atomic E-state index is 0.303. The average Bonchev–Trinajstić information content (AvgIpc) is 3.11. The van der Waals surface area contributed by atoms with Crippen LogP contribution in [0.15, 0.2) is 28.9 Å². The molecule has 0 aliphatic carbocycles. The zero-order valence-corrected chi connectivity index (χ0v) is 17.8. The molecule has 1 aliphatic rings. The lowest BCUT2D eigenvalue weighted by Gasteiger charge is -2.34. The summed E-state index contributed by atoms with van der Waals surface area (Å²) < 4.78 is 10.6. The molecule has 1 aromatic heterocycles. The molecular formula is C21H33N5O3. The maximum atomic E-state index is 10.4. The molecule has 0 radical (unpaired) electrons. The van der Waals surface area contributed by atoms with Crippen LogP contribution in [0.2, 0.25) is 0 Å². The van der Waals surface area contributed by atoms with E-state index in [0.717, 1.165) is 62.0 Å². The minimum Gasteiger partial charge on any atom is -0.491 e. The topological polar surface area (TPSA) is 78.1 Å². The zero-order chi connectivity index (χ0) is 20.6. The molecule has 1 saturated heterocycles. The predicted octanol–water partition coefficient (Wildman–Crippen LogP) is 1.39. The number of piperazine rings is 1. The van der Waals surface area contributed by atoms with Crippen LogP contribution in [-0.2, 0) is 13.1 Å². The van der Waals surface area contributed by atoms with E-state index in [-0.39, 0.29) is 0 Å². The first-order valence-corrected chi connectivity index (χ1v) is 10.3. The molecule has 1 fully saturated rings. The van der Waals surface area contributed by atoms with Gasteiger partial charge in [-0.3, -0.25) is 9.80 Å². The number of aliphatic hydroxyl groups excluding tert-OH is 1. The van der Waals surface area contributed by atoms with Gasteiger partial charge in [-0.1, -0.05) is 29.4 Å². The molecule has 2 heterocycles. The molecule has 2 aromatic rings. The Morgan fingerprint density at radius 2 is 1.93 bits per heavy atom. The SMILES string of the molecule is CCN1CCN(CC(O)COc2cccc(CN(C)Cc3nonc3C)c2)CC1. The summed E-state index contributed by atoms with van der Waals surface area (Å²) >= 11 is 0. The molecule has 29 heavy (non-hydrogen) atoms. The number of aliphatic hydroxyl groups is 1. The van der Waals surface area contributed by atoms with Crippen molar-refractivity contribution in [2.45, 2.75) is 33.0 Å². The van der Waals surface area contributed by atoms with Crippen molar-refractivity contribution in [3.05, 3.63) is 41.2 Å². The van der Waals surface area contributed by atoms with E-state index < -0.39 is 6.10 Å². The van der Waals surface area contributed by atoms with Crippen LogP contribution < -0.4 is 4.74 Å². The highest BCUT2D eigenvalue weighted by molar-refractivity contribution is 5.28. The van der Waals surface area contributed by atoms with Crippen LogP contribution in [0.5, 0.6) is 5.75 Å². The van der Waals surface area contributed by atoms with Gasteiger partial charge in [-0.05, 0) is 38.2 Å². The van der Waals surface area contributed by atoms with Gasteiger partial charge in [0, 0.05) is 45.8 Å². The van der Waals surface area contributed by atoms with E-state index in [0.29, 0.717) is 19.7 Å². The van der Waals surface area contributed by atoms with Crippen molar-refractivity contribution in [2.75, 3.05) is 52.9 Å². The van der Waals surface area contributed by atoms with E-state index in [4.69, 9.17) is 9.37 Å². The highest BCUT2D eigenvalue weighted by Crippen LogP contribution is 2.16. The van der Waals surface area contributed by atoms with Crippen LogP contribution in [0, 0.1) is 6.92 Å². The Bertz CT molecular complexity index is 745. The van der Waals surface area contributed by atoms with Gasteiger partial charge in [-0.25, -0.2) is 4.63 Å². The van der Waals surface area contributed by atoms with Crippen molar-refractivity contribution in [2.24, 2.45) is 0 Å². The third-order valence-electron chi connectivity index (χ3n) is 5.34. The fourth-order valence-corrected chi connectivity index (χ4v) is 3.58. The standard InChI is InChI=1S/C21H33N5O3/c1-4-25-8-10-26(11-9-25)14-19(27)16-28-20-7-5-6-18(12-20)13-24(3)15-21-17(2)22-29-23-21/h5-7,12,19,27H,4,8-11,13-16H2,1-3H3. The van der Waals surface area contributed by atoms with Gasteiger partial charge in [0.15, 0.2) is 0 Å². The van der Waals surface area contributed by atoms with Crippen molar-refractivity contribution in [3.8, 4) is 5.75 Å². The van der Waals surface area contributed by atoms with Crippen molar-refractivity contribution in [1.82, 2.24) is 25.0 Å². The summed E-state index contributed by atoms with van der Waals surface area (Å²) in [7, 11) is 2.03. The molecule has 1 aromatic carbocycles. The number of aryl methyl sites for hydroxylation is 1. The summed E-state index contributed by atoms with van der Waals surface area (Å²) in [6.07, 6.45) is -0.489. The molecule has 0 spiro atoms. The quantitative estimate of drug-likeness (QED) is 0.638. The summed E-state index contributed by atoms with van der Waals surface area (Å²) in [5.41, 5.74) is 2.81. The van der Waals surface area contributed by atoms with Gasteiger partial charge in [0.05, 0.1) is 0 Å². The molecule has 1 N–H and O–H groups in total. The summed E-state index contributed by atoms with van der Waals surface area (Å²) in [6.45, 7) is 11.7. The second-order valence-electron chi connectivity index (χ2n) is 7.82. The lowest BCUT2D eigenvalue weighted by Crippen LogP contribution is -2.49. The van der Waals surface area contributed by atoms with E-state index in [1.54, 1.807) is 0 Å². The fraction of sp³-hybridized carbons (Fsp3) is 0.619. The highest BCUT2D eigenvalue weighted by atomic mass is 16.6. The fourth-order valence-electron chi connectivity index (χ4n) is 3.58. The van der Waals surface area contributed by atoms with Gasteiger partial charge >= 0.3 is 0 Å². The Hall–Kier alpha value is -2.00. The van der Waals surface area contributed by atoms with Gasteiger partial charge < -0.3 is 14.7 Å². The van der Waals surface area contributed by atoms with Gasteiger partial charge in [0.25, 0.3) is 0 Å². The smallest absolute Gasteiger partial charge is 0.122 e. The summed E-state index contributed by atoms with van der Waals surface area (Å²) in [5.74, 6) is 0.782. The highest BCUT2D eigenvalue weighted by Gasteiger charge is 2.18. The lowest BCUT2D eigenvalue weighted by atomic mass is 10.2. The number of hydrogen-bond acceptors (Lipinski definition) is 8. The molecule has 8 nitrogen and oxygen atoms in total. The van der Waals surface area contributed by atoms with E-state index in [2.05, 4.69) is 38.0 Å². The number of ether oxygens (including phenoxy) is 1. The Kier molecular flexibility index (Phi) is 8.00. The molecule has 160 valence electrons. The first-order chi connectivity index (χ1) is 14.0. The number of aromatic nitrogens is 2. The van der Waals surface area contributed by atoms with Crippen LogP contribution >= 0.6 is 0 Å². The molecule has 1 unspecified atom stereocenters. The van der Waals surface area contributed by atoms with Crippen LogP contribution in [0.25, 0.3) is 0 Å². The summed E-state index contributed by atoms with van der Waals surface area (Å²) in [4.78, 5) is 6.89. The van der Waals surface area contributed by atoms with E-state index >= 15 is 0 Å². The van der Waals surface area contributed by atoms with Crippen LogP contribution in [0.3, 0.4) is 0 Å². The van der Waals surface area contributed by atoms with Gasteiger partial charge in [-0.15, -0.1) is 0 Å². The molecule has 8 heteroatoms. The van der Waals surface area contributed by atoms with Crippen LogP contribution in [0.1, 0.15) is 23.9 Å². The monoisotopic (exact) mass is 403 g/mol. The lowest BCUT2D eigenvalue weighted by molar-refractivity contribution is 0.0470. The first kappa shape index (κ1) is 21.7. The van der Waals surface area contributed by atoms with Crippen LogP contribution in [-0.4, -0.2) is 89.1 Å². The third-order valence-corrected chi connectivity index (χ3v) is 5.34. The molecule has 1 aliphatic heterocycles. The van der Waals surface area contributed by atoms with Crippen molar-refractivity contribution >= 4 is 0 Å². The van der Waals surface area contributed by atoms with Gasteiger partial charge in [0.1, 0.15) is 29.8 Å². The van der Waals surface area contributed by atoms with Crippen molar-refractivity contribution in [3.63, 3.8) is 0 Å². The van der Waals surface area contributed by atoms with Crippen LogP contribution in [0.4, 0.5) is 0 Å². The number of likely N-dealkylation sites (N-methyl/N-ethyl adjacent to an activating group) is 1.